The van der Waals surface area contributed by atoms with Crippen molar-refractivity contribution in [2.45, 2.75) is 13.0 Å². The minimum atomic E-state index is -0.348. The number of primary amides is 1. The van der Waals surface area contributed by atoms with Gasteiger partial charge in [-0.25, -0.2) is 5.10 Å². The zero-order chi connectivity index (χ0) is 15.5. The van der Waals surface area contributed by atoms with E-state index in [9.17, 15) is 4.79 Å². The number of benzene rings is 2. The number of fused-ring (bicyclic) bond motifs is 1. The van der Waals surface area contributed by atoms with Gasteiger partial charge in [-0.2, -0.15) is 0 Å². The number of nitrogens with zero attached hydrogens (tertiary/aromatic N) is 3. The lowest BCUT2D eigenvalue weighted by molar-refractivity contribution is -0.117. The molecule has 1 heterocycles. The summed E-state index contributed by atoms with van der Waals surface area (Å²) < 4.78 is 6.53. The average Bonchev–Trinajstić information content (AvgIpc) is 2.99. The predicted octanol–water partition coefficient (Wildman–Crippen LogP) is 1.72. The van der Waals surface area contributed by atoms with Gasteiger partial charge in [-0.3, -0.25) is 4.79 Å². The fourth-order valence-electron chi connectivity index (χ4n) is 2.13. The maximum atomic E-state index is 11.0. The number of amides is 1. The number of nitrogens with two attached hydrogens (primary N) is 1. The van der Waals surface area contributed by atoms with Crippen LogP contribution in [-0.2, 0) is 17.8 Å². The fourth-order valence-corrected chi connectivity index (χ4v) is 2.74. The van der Waals surface area contributed by atoms with E-state index in [1.807, 2.05) is 30.3 Å². The van der Waals surface area contributed by atoms with Crippen LogP contribution in [-0.4, -0.2) is 26.5 Å². The van der Waals surface area contributed by atoms with Crippen LogP contribution in [0.3, 0.4) is 0 Å². The van der Waals surface area contributed by atoms with Gasteiger partial charge in [0.25, 0.3) is 0 Å². The van der Waals surface area contributed by atoms with Gasteiger partial charge in [0, 0.05) is 0 Å². The predicted molar refractivity (Wildman–Crippen MR) is 83.1 cm³/mol. The summed E-state index contributed by atoms with van der Waals surface area (Å²) in [5, 5.41) is 15.4. The Labute approximate surface area is 134 Å². The molecule has 0 spiro atoms. The number of ether oxygens (including phenoxy) is 1. The number of nitrogens with one attached hydrogen (secondary N) is 1. The lowest BCUT2D eigenvalue weighted by atomic mass is 10.0. The Morgan fingerprint density at radius 3 is 2.91 bits per heavy atom. The smallest absolute Gasteiger partial charge is 0.221 e. The number of aromatic amines is 1. The number of carbonyl (C=O) groups is 1. The topological polar surface area (TPSA) is 107 Å². The molecular formula is C14H12BrN5O2. The largest absolute Gasteiger partial charge is 0.484 e. The Morgan fingerprint density at radius 2 is 2.18 bits per heavy atom. The number of halogens is 1. The van der Waals surface area contributed by atoms with Crippen LogP contribution in [0.15, 0.2) is 34.8 Å². The second kappa shape index (κ2) is 6.10. The van der Waals surface area contributed by atoms with Crippen LogP contribution in [0.25, 0.3) is 10.8 Å². The van der Waals surface area contributed by atoms with Crippen molar-refractivity contribution in [2.75, 3.05) is 0 Å². The molecule has 22 heavy (non-hydrogen) atoms. The molecule has 0 radical (unpaired) electrons. The maximum Gasteiger partial charge on any atom is 0.221 e. The monoisotopic (exact) mass is 361 g/mol. The molecule has 3 aromatic rings. The van der Waals surface area contributed by atoms with Crippen molar-refractivity contribution in [3.05, 3.63) is 46.2 Å². The van der Waals surface area contributed by atoms with Crippen LogP contribution in [0.1, 0.15) is 11.4 Å². The van der Waals surface area contributed by atoms with E-state index in [0.717, 1.165) is 20.8 Å². The summed E-state index contributed by atoms with van der Waals surface area (Å²) >= 11 is 3.54. The first-order chi connectivity index (χ1) is 10.6. The second-order valence-electron chi connectivity index (χ2n) is 4.71. The summed E-state index contributed by atoms with van der Waals surface area (Å²) in [6.07, 6.45) is 0.226. The maximum absolute atomic E-state index is 11.0. The van der Waals surface area contributed by atoms with E-state index < -0.39 is 0 Å². The van der Waals surface area contributed by atoms with Gasteiger partial charge in [-0.05, 0) is 48.8 Å². The average molecular weight is 362 g/mol. The summed E-state index contributed by atoms with van der Waals surface area (Å²) in [7, 11) is 0. The molecule has 3 rings (SSSR count). The summed E-state index contributed by atoms with van der Waals surface area (Å²) in [6, 6.07) is 9.53. The molecule has 0 atom stereocenters. The van der Waals surface area contributed by atoms with Crippen molar-refractivity contribution in [2.24, 2.45) is 5.73 Å². The van der Waals surface area contributed by atoms with E-state index in [1.165, 1.54) is 0 Å². The van der Waals surface area contributed by atoms with Gasteiger partial charge in [-0.1, -0.05) is 24.3 Å². The first kappa shape index (κ1) is 14.5. The highest BCUT2D eigenvalue weighted by molar-refractivity contribution is 9.10. The number of hydrogen-bond acceptors (Lipinski definition) is 5. The Kier molecular flexibility index (Phi) is 4.01. The van der Waals surface area contributed by atoms with Crippen molar-refractivity contribution in [1.82, 2.24) is 20.6 Å². The third-order valence-electron chi connectivity index (χ3n) is 3.11. The second-order valence-corrected chi connectivity index (χ2v) is 5.51. The lowest BCUT2D eigenvalue weighted by Crippen LogP contribution is -2.13. The van der Waals surface area contributed by atoms with Crippen molar-refractivity contribution in [1.29, 1.82) is 0 Å². The van der Waals surface area contributed by atoms with Gasteiger partial charge >= 0.3 is 0 Å². The normalized spacial score (nSPS) is 10.8. The van der Waals surface area contributed by atoms with Crippen LogP contribution in [0.5, 0.6) is 5.75 Å². The van der Waals surface area contributed by atoms with E-state index >= 15 is 0 Å². The first-order valence-electron chi connectivity index (χ1n) is 6.48. The lowest BCUT2D eigenvalue weighted by Gasteiger charge is -2.10. The molecule has 0 aliphatic heterocycles. The van der Waals surface area contributed by atoms with Gasteiger partial charge in [0.1, 0.15) is 12.4 Å². The van der Waals surface area contributed by atoms with Crippen LogP contribution >= 0.6 is 15.9 Å². The standard InChI is InChI=1S/C14H12BrN5O2/c15-14-10-3-1-8(6-12(16)21)5-9(10)2-4-11(14)22-7-13-17-19-20-18-13/h1-5H,6-7H2,(H2,16,21)(H,17,18,19,20). The summed E-state index contributed by atoms with van der Waals surface area (Å²) in [5.74, 6) is 0.884. The van der Waals surface area contributed by atoms with Gasteiger partial charge in [0.15, 0.2) is 5.82 Å². The van der Waals surface area contributed by atoms with Gasteiger partial charge in [0.05, 0.1) is 10.9 Å². The number of H-pyrrole nitrogens is 1. The third-order valence-corrected chi connectivity index (χ3v) is 3.93. The molecule has 0 unspecified atom stereocenters. The van der Waals surface area contributed by atoms with E-state index in [-0.39, 0.29) is 18.9 Å². The minimum Gasteiger partial charge on any atom is -0.484 e. The van der Waals surface area contributed by atoms with E-state index in [0.29, 0.717) is 11.6 Å². The summed E-state index contributed by atoms with van der Waals surface area (Å²) in [5.41, 5.74) is 6.10. The zero-order valence-corrected chi connectivity index (χ0v) is 13.0. The van der Waals surface area contributed by atoms with Crippen molar-refractivity contribution < 1.29 is 9.53 Å². The number of tetrazole rings is 1. The highest BCUT2D eigenvalue weighted by atomic mass is 79.9. The van der Waals surface area contributed by atoms with Crippen LogP contribution in [0.2, 0.25) is 0 Å². The molecule has 0 aliphatic carbocycles. The molecule has 0 bridgehead atoms. The molecule has 112 valence electrons. The molecule has 1 aromatic heterocycles. The zero-order valence-electron chi connectivity index (χ0n) is 11.4. The number of aromatic nitrogens is 4. The molecule has 2 aromatic carbocycles. The Balaban J connectivity index is 1.87. The summed E-state index contributed by atoms with van der Waals surface area (Å²) in [6.45, 7) is 0.247. The van der Waals surface area contributed by atoms with Gasteiger partial charge < -0.3 is 10.5 Å². The molecule has 0 saturated carbocycles. The number of hydrogen-bond donors (Lipinski definition) is 2. The molecule has 7 nitrogen and oxygen atoms in total. The molecule has 0 saturated heterocycles. The van der Waals surface area contributed by atoms with Crippen LogP contribution < -0.4 is 10.5 Å². The SMILES string of the molecule is NC(=O)Cc1ccc2c(Br)c(OCc3nnn[nH]3)ccc2c1. The van der Waals surface area contributed by atoms with E-state index in [2.05, 4.69) is 36.6 Å². The van der Waals surface area contributed by atoms with Crippen LogP contribution in [0, 0.1) is 0 Å². The van der Waals surface area contributed by atoms with Crippen molar-refractivity contribution in [3.63, 3.8) is 0 Å². The first-order valence-corrected chi connectivity index (χ1v) is 7.27. The fraction of sp³-hybridized carbons (Fsp3) is 0.143. The Bertz CT molecular complexity index is 819. The quantitative estimate of drug-likeness (QED) is 0.719. The van der Waals surface area contributed by atoms with E-state index in [4.69, 9.17) is 10.5 Å². The van der Waals surface area contributed by atoms with Crippen molar-refractivity contribution >= 4 is 32.6 Å². The molecule has 8 heteroatoms. The highest BCUT2D eigenvalue weighted by Gasteiger charge is 2.09. The number of carbonyl (C=O) groups excluding carboxylic acids is 1. The minimum absolute atomic E-state index is 0.226. The Morgan fingerprint density at radius 1 is 1.32 bits per heavy atom. The number of rotatable bonds is 5. The molecule has 0 fully saturated rings. The van der Waals surface area contributed by atoms with E-state index in [1.54, 1.807) is 0 Å². The highest BCUT2D eigenvalue weighted by Crippen LogP contribution is 2.34. The van der Waals surface area contributed by atoms with Gasteiger partial charge in [0.2, 0.25) is 5.91 Å². The molecular weight excluding hydrogens is 350 g/mol. The molecule has 3 N–H and O–H groups in total. The third kappa shape index (κ3) is 3.06. The Hall–Kier alpha value is -2.48. The van der Waals surface area contributed by atoms with Crippen molar-refractivity contribution in [3.8, 4) is 5.75 Å². The molecule has 0 aliphatic rings. The summed E-state index contributed by atoms with van der Waals surface area (Å²) in [4.78, 5) is 11.0. The van der Waals surface area contributed by atoms with Gasteiger partial charge in [-0.15, -0.1) is 5.10 Å². The van der Waals surface area contributed by atoms with Crippen LogP contribution in [0.4, 0.5) is 0 Å². The molecule has 1 amide bonds.